The molecule has 0 radical (unpaired) electrons. The van der Waals surface area contributed by atoms with E-state index >= 15 is 0 Å². The minimum absolute atomic E-state index is 0.00875. The first kappa shape index (κ1) is 9.44. The smallest absolute Gasteiger partial charge is 0.306 e. The summed E-state index contributed by atoms with van der Waals surface area (Å²) in [6.45, 7) is 1.54. The third-order valence-electron chi connectivity index (χ3n) is 2.24. The SMILES string of the molecule is NOC1(CC(=O)O)CCNCC1. The van der Waals surface area contributed by atoms with Crippen molar-refractivity contribution in [2.75, 3.05) is 13.1 Å². The molecule has 0 aromatic carbocycles. The predicted octanol–water partition coefficient (Wildman–Crippen LogP) is -0.526. The van der Waals surface area contributed by atoms with Crippen molar-refractivity contribution >= 4 is 5.97 Å². The Kier molecular flexibility index (Phi) is 3.02. The molecule has 5 heteroatoms. The van der Waals surface area contributed by atoms with Crippen molar-refractivity contribution in [3.63, 3.8) is 0 Å². The van der Waals surface area contributed by atoms with E-state index in [1.54, 1.807) is 0 Å². The number of carboxylic acid groups (broad SMARTS) is 1. The molecule has 1 fully saturated rings. The van der Waals surface area contributed by atoms with Crippen LogP contribution in [-0.4, -0.2) is 29.8 Å². The molecule has 1 heterocycles. The minimum Gasteiger partial charge on any atom is -0.481 e. The van der Waals surface area contributed by atoms with Crippen LogP contribution in [0.3, 0.4) is 0 Å². The predicted molar refractivity (Wildman–Crippen MR) is 42.4 cm³/mol. The highest BCUT2D eigenvalue weighted by atomic mass is 16.6. The van der Waals surface area contributed by atoms with E-state index in [1.807, 2.05) is 0 Å². The lowest BCUT2D eigenvalue weighted by molar-refractivity contribution is -0.148. The van der Waals surface area contributed by atoms with Gasteiger partial charge in [-0.3, -0.25) is 9.63 Å². The van der Waals surface area contributed by atoms with Crippen LogP contribution in [0.4, 0.5) is 0 Å². The summed E-state index contributed by atoms with van der Waals surface area (Å²) in [7, 11) is 0. The Bertz CT molecular complexity index is 166. The maximum atomic E-state index is 10.5. The van der Waals surface area contributed by atoms with Crippen molar-refractivity contribution in [2.45, 2.75) is 24.9 Å². The van der Waals surface area contributed by atoms with Gasteiger partial charge >= 0.3 is 5.97 Å². The fourth-order valence-electron chi connectivity index (χ4n) is 1.49. The molecule has 70 valence electrons. The average molecular weight is 174 g/mol. The largest absolute Gasteiger partial charge is 0.481 e. The molecule has 0 saturated carbocycles. The Labute approximate surface area is 70.8 Å². The monoisotopic (exact) mass is 174 g/mol. The number of piperidine rings is 1. The molecule has 1 saturated heterocycles. The summed E-state index contributed by atoms with van der Waals surface area (Å²) < 4.78 is 0. The number of rotatable bonds is 3. The van der Waals surface area contributed by atoms with Crippen molar-refractivity contribution in [1.29, 1.82) is 0 Å². The van der Waals surface area contributed by atoms with E-state index < -0.39 is 11.6 Å². The Balaban J connectivity index is 2.53. The number of aliphatic carboxylic acids is 1. The summed E-state index contributed by atoms with van der Waals surface area (Å²) in [5.74, 6) is 4.24. The normalized spacial score (nSPS) is 22.1. The zero-order chi connectivity index (χ0) is 9.03. The van der Waals surface area contributed by atoms with Crippen LogP contribution in [0.15, 0.2) is 0 Å². The fourth-order valence-corrected chi connectivity index (χ4v) is 1.49. The second-order valence-corrected chi connectivity index (χ2v) is 3.12. The van der Waals surface area contributed by atoms with Gasteiger partial charge in [0.1, 0.15) is 5.60 Å². The molecule has 1 aliphatic rings. The van der Waals surface area contributed by atoms with Gasteiger partial charge in [0.05, 0.1) is 6.42 Å². The molecule has 0 aliphatic carbocycles. The van der Waals surface area contributed by atoms with Crippen molar-refractivity contribution in [3.8, 4) is 0 Å². The Morgan fingerprint density at radius 3 is 2.58 bits per heavy atom. The number of nitrogens with two attached hydrogens (primary N) is 1. The van der Waals surface area contributed by atoms with Gasteiger partial charge in [0, 0.05) is 0 Å². The summed E-state index contributed by atoms with van der Waals surface area (Å²) >= 11 is 0. The van der Waals surface area contributed by atoms with Crippen LogP contribution in [-0.2, 0) is 9.63 Å². The van der Waals surface area contributed by atoms with Crippen LogP contribution in [0.25, 0.3) is 0 Å². The molecule has 0 aromatic heterocycles. The maximum Gasteiger partial charge on any atom is 0.306 e. The zero-order valence-electron chi connectivity index (χ0n) is 6.88. The lowest BCUT2D eigenvalue weighted by Gasteiger charge is -2.33. The molecule has 0 atom stereocenters. The van der Waals surface area contributed by atoms with Gasteiger partial charge < -0.3 is 10.4 Å². The van der Waals surface area contributed by atoms with Gasteiger partial charge in [-0.2, -0.15) is 0 Å². The van der Waals surface area contributed by atoms with Crippen LogP contribution in [0.1, 0.15) is 19.3 Å². The topological polar surface area (TPSA) is 84.6 Å². The van der Waals surface area contributed by atoms with Gasteiger partial charge in [-0.25, -0.2) is 5.90 Å². The van der Waals surface area contributed by atoms with Crippen molar-refractivity contribution < 1.29 is 14.7 Å². The fraction of sp³-hybridized carbons (Fsp3) is 0.857. The average Bonchev–Trinajstić information content (AvgIpc) is 2.05. The lowest BCUT2D eigenvalue weighted by atomic mass is 9.89. The van der Waals surface area contributed by atoms with Crippen LogP contribution in [0.5, 0.6) is 0 Å². The molecule has 4 N–H and O–H groups in total. The minimum atomic E-state index is -0.859. The second-order valence-electron chi connectivity index (χ2n) is 3.12. The molecular formula is C7H14N2O3. The molecule has 0 unspecified atom stereocenters. The Morgan fingerprint density at radius 2 is 2.17 bits per heavy atom. The number of carbonyl (C=O) groups is 1. The van der Waals surface area contributed by atoms with E-state index in [-0.39, 0.29) is 6.42 Å². The summed E-state index contributed by atoms with van der Waals surface area (Å²) in [5, 5.41) is 11.7. The molecule has 1 rings (SSSR count). The maximum absolute atomic E-state index is 10.5. The Hall–Kier alpha value is -0.650. The van der Waals surface area contributed by atoms with E-state index in [1.165, 1.54) is 0 Å². The van der Waals surface area contributed by atoms with Gasteiger partial charge in [0.2, 0.25) is 0 Å². The summed E-state index contributed by atoms with van der Waals surface area (Å²) in [6.07, 6.45) is 1.32. The molecule has 0 aromatic rings. The van der Waals surface area contributed by atoms with Crippen LogP contribution < -0.4 is 11.2 Å². The van der Waals surface area contributed by atoms with Crippen molar-refractivity contribution in [3.05, 3.63) is 0 Å². The number of nitrogens with one attached hydrogen (secondary N) is 1. The summed E-state index contributed by atoms with van der Waals surface area (Å²) in [5.41, 5.74) is -0.642. The van der Waals surface area contributed by atoms with E-state index in [0.29, 0.717) is 12.8 Å². The van der Waals surface area contributed by atoms with Gasteiger partial charge in [-0.15, -0.1) is 0 Å². The van der Waals surface area contributed by atoms with Gasteiger partial charge in [0.15, 0.2) is 0 Å². The highest BCUT2D eigenvalue weighted by Gasteiger charge is 2.35. The summed E-state index contributed by atoms with van der Waals surface area (Å²) in [6, 6.07) is 0. The van der Waals surface area contributed by atoms with Gasteiger partial charge in [-0.05, 0) is 25.9 Å². The molecule has 0 bridgehead atoms. The number of carboxylic acids is 1. The third-order valence-corrected chi connectivity index (χ3v) is 2.24. The van der Waals surface area contributed by atoms with E-state index in [4.69, 9.17) is 15.8 Å². The van der Waals surface area contributed by atoms with E-state index in [0.717, 1.165) is 13.1 Å². The number of hydrogen-bond acceptors (Lipinski definition) is 4. The van der Waals surface area contributed by atoms with Gasteiger partial charge in [-0.1, -0.05) is 0 Å². The van der Waals surface area contributed by atoms with Crippen LogP contribution in [0.2, 0.25) is 0 Å². The summed E-state index contributed by atoms with van der Waals surface area (Å²) in [4.78, 5) is 15.2. The quantitative estimate of drug-likeness (QED) is 0.501. The van der Waals surface area contributed by atoms with Crippen LogP contribution >= 0.6 is 0 Å². The molecule has 0 spiro atoms. The van der Waals surface area contributed by atoms with Gasteiger partial charge in [0.25, 0.3) is 0 Å². The first-order chi connectivity index (χ1) is 5.68. The molecule has 5 nitrogen and oxygen atoms in total. The third kappa shape index (κ3) is 2.17. The number of hydrogen-bond donors (Lipinski definition) is 3. The highest BCUT2D eigenvalue weighted by molar-refractivity contribution is 5.68. The first-order valence-corrected chi connectivity index (χ1v) is 3.99. The van der Waals surface area contributed by atoms with Crippen molar-refractivity contribution in [1.82, 2.24) is 5.32 Å². The second kappa shape index (κ2) is 3.84. The molecule has 1 aliphatic heterocycles. The highest BCUT2D eigenvalue weighted by Crippen LogP contribution is 2.24. The van der Waals surface area contributed by atoms with Crippen molar-refractivity contribution in [2.24, 2.45) is 5.90 Å². The standard InChI is InChI=1S/C7H14N2O3/c8-12-7(5-6(10)11)1-3-9-4-2-7/h9H,1-5,8H2,(H,10,11). The Morgan fingerprint density at radius 1 is 1.58 bits per heavy atom. The van der Waals surface area contributed by atoms with E-state index in [9.17, 15) is 4.79 Å². The molecule has 12 heavy (non-hydrogen) atoms. The van der Waals surface area contributed by atoms with Crippen LogP contribution in [0, 0.1) is 0 Å². The zero-order valence-corrected chi connectivity index (χ0v) is 6.88. The lowest BCUT2D eigenvalue weighted by Crippen LogP contribution is -2.46. The molecular weight excluding hydrogens is 160 g/mol. The first-order valence-electron chi connectivity index (χ1n) is 3.99. The van der Waals surface area contributed by atoms with E-state index in [2.05, 4.69) is 5.32 Å². The molecule has 0 amide bonds.